The molecule has 0 aliphatic carbocycles. The van der Waals surface area contributed by atoms with Gasteiger partial charge in [0.05, 0.1) is 12.4 Å². The van der Waals surface area contributed by atoms with Gasteiger partial charge in [-0.1, -0.05) is 0 Å². The first kappa shape index (κ1) is 19.0. The van der Waals surface area contributed by atoms with Crippen molar-refractivity contribution in [2.75, 3.05) is 23.9 Å². The maximum absolute atomic E-state index is 11.7. The van der Waals surface area contributed by atoms with E-state index < -0.39 is 15.8 Å². The molecular formula is C15H21NO6S. The van der Waals surface area contributed by atoms with Crippen molar-refractivity contribution in [1.82, 2.24) is 0 Å². The number of hydrogen-bond donors (Lipinski definition) is 2. The van der Waals surface area contributed by atoms with Crippen LogP contribution in [0.15, 0.2) is 24.3 Å². The lowest BCUT2D eigenvalue weighted by molar-refractivity contribution is -0.137. The van der Waals surface area contributed by atoms with Gasteiger partial charge in [0, 0.05) is 24.8 Å². The third-order valence-corrected chi connectivity index (χ3v) is 3.89. The first-order chi connectivity index (χ1) is 10.8. The van der Waals surface area contributed by atoms with Crippen molar-refractivity contribution in [1.29, 1.82) is 0 Å². The van der Waals surface area contributed by atoms with E-state index in [1.165, 1.54) is 0 Å². The Morgan fingerprint density at radius 1 is 1.13 bits per heavy atom. The molecular weight excluding hydrogens is 322 g/mol. The van der Waals surface area contributed by atoms with Crippen LogP contribution in [0, 0.1) is 0 Å². The van der Waals surface area contributed by atoms with Gasteiger partial charge >= 0.3 is 5.97 Å². The molecule has 8 heteroatoms. The number of amides is 1. The van der Waals surface area contributed by atoms with Crippen molar-refractivity contribution in [3.05, 3.63) is 24.3 Å². The second-order valence-corrected chi connectivity index (χ2v) is 7.41. The molecule has 0 aliphatic heterocycles. The van der Waals surface area contributed by atoms with Crippen LogP contribution in [-0.4, -0.2) is 44.0 Å². The lowest BCUT2D eigenvalue weighted by Gasteiger charge is -2.08. The quantitative estimate of drug-likeness (QED) is 0.626. The number of carbonyl (C=O) groups is 2. The minimum absolute atomic E-state index is 0.0104. The minimum atomic E-state index is -3.05. The van der Waals surface area contributed by atoms with E-state index in [4.69, 9.17) is 9.84 Å². The zero-order chi connectivity index (χ0) is 17.3. The van der Waals surface area contributed by atoms with Crippen LogP contribution in [-0.2, 0) is 19.4 Å². The average molecular weight is 343 g/mol. The molecule has 0 saturated heterocycles. The second-order valence-electron chi connectivity index (χ2n) is 5.15. The Hall–Kier alpha value is -2.09. The largest absolute Gasteiger partial charge is 0.494 e. The maximum Gasteiger partial charge on any atom is 0.303 e. The summed E-state index contributed by atoms with van der Waals surface area (Å²) in [5.74, 6) is -0.527. The highest BCUT2D eigenvalue weighted by molar-refractivity contribution is 7.90. The van der Waals surface area contributed by atoms with Crippen molar-refractivity contribution in [2.45, 2.75) is 25.7 Å². The molecule has 0 heterocycles. The summed E-state index contributed by atoms with van der Waals surface area (Å²) in [6.07, 6.45) is 2.05. The number of hydrogen-bond acceptors (Lipinski definition) is 5. The molecule has 0 spiro atoms. The van der Waals surface area contributed by atoms with Crippen molar-refractivity contribution < 1.29 is 27.9 Å². The Labute approximate surface area is 135 Å². The number of carbonyl (C=O) groups excluding carboxylic acids is 1. The second kappa shape index (κ2) is 9.14. The molecule has 0 unspecified atom stereocenters. The fraction of sp³-hybridized carbons (Fsp3) is 0.467. The van der Waals surface area contributed by atoms with Gasteiger partial charge in [-0.2, -0.15) is 0 Å². The third-order valence-electron chi connectivity index (χ3n) is 2.86. The van der Waals surface area contributed by atoms with E-state index in [-0.39, 0.29) is 30.9 Å². The summed E-state index contributed by atoms with van der Waals surface area (Å²) >= 11 is 0. The summed E-state index contributed by atoms with van der Waals surface area (Å²) in [5.41, 5.74) is 0.590. The van der Waals surface area contributed by atoms with E-state index in [1.54, 1.807) is 24.3 Å². The maximum atomic E-state index is 11.7. The van der Waals surface area contributed by atoms with E-state index in [0.29, 0.717) is 24.5 Å². The molecule has 2 N–H and O–H groups in total. The van der Waals surface area contributed by atoms with E-state index in [0.717, 1.165) is 6.26 Å². The molecule has 0 bridgehead atoms. The molecule has 1 aromatic rings. The highest BCUT2D eigenvalue weighted by Crippen LogP contribution is 2.16. The molecule has 0 atom stereocenters. The van der Waals surface area contributed by atoms with Gasteiger partial charge < -0.3 is 15.2 Å². The molecule has 0 aliphatic rings. The van der Waals surface area contributed by atoms with E-state index in [9.17, 15) is 18.0 Å². The number of anilines is 1. The summed E-state index contributed by atoms with van der Waals surface area (Å²) in [6.45, 7) is 0.309. The van der Waals surface area contributed by atoms with E-state index in [2.05, 4.69) is 5.32 Å². The molecule has 128 valence electrons. The minimum Gasteiger partial charge on any atom is -0.494 e. The Bertz CT molecular complexity index is 624. The SMILES string of the molecule is CS(=O)(=O)CCCC(=O)Nc1ccc(OCCCC(=O)O)cc1. The van der Waals surface area contributed by atoms with Crippen molar-refractivity contribution in [3.63, 3.8) is 0 Å². The van der Waals surface area contributed by atoms with Crippen LogP contribution in [0.3, 0.4) is 0 Å². The van der Waals surface area contributed by atoms with Gasteiger partial charge in [-0.15, -0.1) is 0 Å². The first-order valence-electron chi connectivity index (χ1n) is 7.18. The highest BCUT2D eigenvalue weighted by Gasteiger charge is 2.06. The van der Waals surface area contributed by atoms with Gasteiger partial charge in [0.2, 0.25) is 5.91 Å². The molecule has 1 aromatic carbocycles. The third kappa shape index (κ3) is 9.51. The Kier molecular flexibility index (Phi) is 7.53. The zero-order valence-electron chi connectivity index (χ0n) is 12.9. The fourth-order valence-corrected chi connectivity index (χ4v) is 2.44. The predicted octanol–water partition coefficient (Wildman–Crippen LogP) is 1.69. The van der Waals surface area contributed by atoms with E-state index >= 15 is 0 Å². The Morgan fingerprint density at radius 3 is 2.35 bits per heavy atom. The highest BCUT2D eigenvalue weighted by atomic mass is 32.2. The van der Waals surface area contributed by atoms with Gasteiger partial charge in [-0.05, 0) is 37.1 Å². The smallest absolute Gasteiger partial charge is 0.303 e. The summed E-state index contributed by atoms with van der Waals surface area (Å²) in [5, 5.41) is 11.2. The van der Waals surface area contributed by atoms with Crippen molar-refractivity contribution >= 4 is 27.4 Å². The summed E-state index contributed by atoms with van der Waals surface area (Å²) < 4.78 is 27.3. The summed E-state index contributed by atoms with van der Waals surface area (Å²) in [7, 11) is -3.05. The van der Waals surface area contributed by atoms with Gasteiger partial charge in [0.15, 0.2) is 0 Å². The van der Waals surface area contributed by atoms with E-state index in [1.807, 2.05) is 0 Å². The summed E-state index contributed by atoms with van der Waals surface area (Å²) in [6, 6.07) is 6.68. The monoisotopic (exact) mass is 343 g/mol. The standard InChI is InChI=1S/C15H21NO6S/c1-23(20,21)11-3-4-14(17)16-12-6-8-13(9-7-12)22-10-2-5-15(18)19/h6-9H,2-5,10-11H2,1H3,(H,16,17)(H,18,19). The molecule has 0 aromatic heterocycles. The first-order valence-corrected chi connectivity index (χ1v) is 9.24. The van der Waals surface area contributed by atoms with Crippen LogP contribution < -0.4 is 10.1 Å². The molecule has 1 rings (SSSR count). The molecule has 0 radical (unpaired) electrons. The van der Waals surface area contributed by atoms with Crippen molar-refractivity contribution in [2.24, 2.45) is 0 Å². The predicted molar refractivity (Wildman–Crippen MR) is 86.4 cm³/mol. The Balaban J connectivity index is 2.33. The number of rotatable bonds is 10. The average Bonchev–Trinajstić information content (AvgIpc) is 2.43. The van der Waals surface area contributed by atoms with Crippen LogP contribution in [0.1, 0.15) is 25.7 Å². The number of ether oxygens (including phenoxy) is 1. The zero-order valence-corrected chi connectivity index (χ0v) is 13.8. The van der Waals surface area contributed by atoms with Crippen LogP contribution >= 0.6 is 0 Å². The van der Waals surface area contributed by atoms with Gasteiger partial charge in [-0.3, -0.25) is 9.59 Å². The molecule has 7 nitrogen and oxygen atoms in total. The summed E-state index contributed by atoms with van der Waals surface area (Å²) in [4.78, 5) is 22.0. The lowest BCUT2D eigenvalue weighted by atomic mass is 10.2. The van der Waals surface area contributed by atoms with Crippen molar-refractivity contribution in [3.8, 4) is 5.75 Å². The van der Waals surface area contributed by atoms with Crippen LogP contribution in [0.5, 0.6) is 5.75 Å². The number of benzene rings is 1. The van der Waals surface area contributed by atoms with Gasteiger partial charge in [0.25, 0.3) is 0 Å². The molecule has 1 amide bonds. The van der Waals surface area contributed by atoms with Gasteiger partial charge in [0.1, 0.15) is 15.6 Å². The number of aliphatic carboxylic acids is 1. The fourth-order valence-electron chi connectivity index (χ4n) is 1.77. The lowest BCUT2D eigenvalue weighted by Crippen LogP contribution is -2.13. The van der Waals surface area contributed by atoms with Gasteiger partial charge in [-0.25, -0.2) is 8.42 Å². The molecule has 0 saturated carbocycles. The number of carboxylic acids is 1. The van der Waals surface area contributed by atoms with Crippen LogP contribution in [0.2, 0.25) is 0 Å². The number of nitrogens with one attached hydrogen (secondary N) is 1. The normalized spacial score (nSPS) is 11.0. The molecule has 0 fully saturated rings. The Morgan fingerprint density at radius 2 is 1.78 bits per heavy atom. The topological polar surface area (TPSA) is 110 Å². The number of sulfone groups is 1. The molecule has 23 heavy (non-hydrogen) atoms. The van der Waals surface area contributed by atoms with Crippen LogP contribution in [0.4, 0.5) is 5.69 Å². The number of carboxylic acid groups (broad SMARTS) is 1. The van der Waals surface area contributed by atoms with Crippen LogP contribution in [0.25, 0.3) is 0 Å².